The zero-order valence-electron chi connectivity index (χ0n) is 89.0. The summed E-state index contributed by atoms with van der Waals surface area (Å²) in [7, 11) is 0. The molecular formula is C132H180Al4. The van der Waals surface area contributed by atoms with Crippen molar-refractivity contribution in [3.63, 3.8) is 0 Å². The average molecular weight is 1870 g/mol. The second kappa shape index (κ2) is 62.1. The van der Waals surface area contributed by atoms with E-state index >= 15 is 0 Å². The van der Waals surface area contributed by atoms with Crippen LogP contribution in [0.3, 0.4) is 0 Å². The summed E-state index contributed by atoms with van der Waals surface area (Å²) in [5.41, 5.74) is 23.0. The monoisotopic (exact) mass is 1870 g/mol. The molecule has 136 heavy (non-hydrogen) atoms. The lowest BCUT2D eigenvalue weighted by Gasteiger charge is -2.32. The molecule has 12 atom stereocenters. The number of benzene rings is 12. The Labute approximate surface area is 851 Å². The third-order valence-corrected chi connectivity index (χ3v) is 46.1. The van der Waals surface area contributed by atoms with Gasteiger partial charge in [-0.25, -0.2) is 0 Å². The summed E-state index contributed by atoms with van der Waals surface area (Å²) in [6.07, 6.45) is 11.5. The van der Waals surface area contributed by atoms with Crippen LogP contribution < -0.4 is 0 Å². The topological polar surface area (TPSA) is 0 Å². The summed E-state index contributed by atoms with van der Waals surface area (Å²) >= 11 is -4.10. The van der Waals surface area contributed by atoms with E-state index in [1.807, 2.05) is 0 Å². The molecule has 0 aliphatic carbocycles. The van der Waals surface area contributed by atoms with Gasteiger partial charge in [0.25, 0.3) is 56.6 Å². The minimum Gasteiger partial charge on any atom is -0.0872 e. The molecule has 0 spiro atoms. The first-order valence-electron chi connectivity index (χ1n) is 54.6. The highest BCUT2D eigenvalue weighted by atomic mass is 27.2. The van der Waals surface area contributed by atoms with Crippen molar-refractivity contribution in [1.29, 1.82) is 0 Å². The molecule has 0 heterocycles. The highest BCUT2D eigenvalue weighted by Gasteiger charge is 2.36. The summed E-state index contributed by atoms with van der Waals surface area (Å²) < 4.78 is 0. The van der Waals surface area contributed by atoms with E-state index in [2.05, 4.69) is 491 Å². The third-order valence-electron chi connectivity index (χ3n) is 31.1. The van der Waals surface area contributed by atoms with Crippen LogP contribution in [0.25, 0.3) is 0 Å². The summed E-state index contributed by atoms with van der Waals surface area (Å²) in [5.74, 6) is 11.9. The van der Waals surface area contributed by atoms with Gasteiger partial charge in [0, 0.05) is 0 Å². The summed E-state index contributed by atoms with van der Waals surface area (Å²) in [6, 6.07) is 130. The number of hydrogen-bond donors (Lipinski definition) is 0. The molecule has 0 N–H and O–H groups in total. The summed E-state index contributed by atoms with van der Waals surface area (Å²) in [5, 5.41) is 16.9. The molecule has 720 valence electrons. The van der Waals surface area contributed by atoms with Gasteiger partial charge in [0.1, 0.15) is 0 Å². The fourth-order valence-corrected chi connectivity index (χ4v) is 41.9. The van der Waals surface area contributed by atoms with E-state index in [0.717, 1.165) is 17.8 Å². The highest BCUT2D eigenvalue weighted by Crippen LogP contribution is 2.45. The van der Waals surface area contributed by atoms with Crippen molar-refractivity contribution in [2.45, 2.75) is 355 Å². The predicted octanol–water partition coefficient (Wildman–Crippen LogP) is 40.4. The Kier molecular flexibility index (Phi) is 51.4. The van der Waals surface area contributed by atoms with Crippen LogP contribution >= 0.6 is 0 Å². The lowest BCUT2D eigenvalue weighted by molar-refractivity contribution is 0.499. The molecule has 0 saturated carbocycles. The molecule has 0 radical (unpaired) electrons. The first-order chi connectivity index (χ1) is 65.9. The van der Waals surface area contributed by atoms with E-state index < -0.39 is 56.6 Å². The van der Waals surface area contributed by atoms with Crippen LogP contribution in [-0.4, -0.2) is 56.6 Å². The van der Waals surface area contributed by atoms with Crippen LogP contribution in [0.5, 0.6) is 0 Å². The van der Waals surface area contributed by atoms with Crippen LogP contribution in [0.4, 0.5) is 0 Å². The van der Waals surface area contributed by atoms with E-state index in [1.165, 1.54) is 171 Å². The van der Waals surface area contributed by atoms with E-state index in [-0.39, 0.29) is 0 Å². The van der Waals surface area contributed by atoms with Crippen LogP contribution in [-0.2, 0) is 0 Å². The van der Waals surface area contributed by atoms with Crippen molar-refractivity contribution in [3.05, 3.63) is 429 Å². The maximum atomic E-state index is 2.48. The number of hydrogen-bond acceptors (Lipinski definition) is 0. The average Bonchev–Trinajstić information content (AvgIpc) is 0.825. The maximum Gasteiger partial charge on any atom is 0.263 e. The van der Waals surface area contributed by atoms with Gasteiger partial charge in [-0.2, -0.15) is 0 Å². The quantitative estimate of drug-likeness (QED) is 0.0333. The van der Waals surface area contributed by atoms with E-state index in [0.29, 0.717) is 88.8 Å². The SMILES string of the molecule is CC(C)C([CH2][Al]([CH2]C(c1ccccc1)C(C)C)[CH2]C(c1ccccc1)C(C)C)c1ccccc1.CC(C)c1cccc(C(C)[CH2][Al]([CH2]C(C)c2cccc(C(C)C)c2)[CH2]C(C)c2cccc(C(C)C)c2)c1.CCC([CH2][Al]([CH2]C(CC)c1ccccc1)[CH2]C(CC)c1ccccc1)c1ccccc1.CCCC([CH2][Al]([CH2]C(CCC)c1ccccc1)[CH2]C(CCC)c1ccccc1)c1ccccc1. The van der Waals surface area contributed by atoms with Gasteiger partial charge in [0.05, 0.1) is 0 Å². The first-order valence-corrected chi connectivity index (χ1v) is 64.4. The molecule has 0 aliphatic heterocycles. The second-order valence-electron chi connectivity index (χ2n) is 43.5. The Morgan fingerprint density at radius 1 is 0.162 bits per heavy atom. The lowest BCUT2D eigenvalue weighted by atomic mass is 9.89. The molecule has 12 rings (SSSR count). The van der Waals surface area contributed by atoms with Gasteiger partial charge in [-0.3, -0.25) is 0 Å². The molecule has 0 aromatic heterocycles. The largest absolute Gasteiger partial charge is 0.263 e. The Balaban J connectivity index is 0.000000204. The third kappa shape index (κ3) is 38.0. The van der Waals surface area contributed by atoms with Crippen molar-refractivity contribution >= 4 is 56.6 Å². The molecule has 0 fully saturated rings. The van der Waals surface area contributed by atoms with Crippen molar-refractivity contribution in [3.8, 4) is 0 Å². The summed E-state index contributed by atoms with van der Waals surface area (Å²) in [6.45, 7) is 50.1. The highest BCUT2D eigenvalue weighted by molar-refractivity contribution is 6.60. The standard InChI is InChI=1S/3C12H17.6C11H15.3C10H13.4Al/c3*1-9(2)11-6-5-7-12(8-11)10(3)4;3*1-9(2)10(3)11-7-5-4-6-8-11;3*1-3-7-10(2)11-8-5-4-6-9-11;3*1-3-9(2)10-7-5-4-6-8-10;;;;/h3*5-10H,1H2,2-4H3;3*4-10H,3H2,1-2H3;3*4-6,8-10H,2-3,7H2,1H3;3*4-9H,2-3H2,1H3;;;;. The molecule has 0 nitrogen and oxygen atoms in total. The van der Waals surface area contributed by atoms with Gasteiger partial charge in [-0.15, -0.1) is 0 Å². The molecule has 0 saturated heterocycles. The molecule has 0 bridgehead atoms. The number of rotatable bonds is 51. The van der Waals surface area contributed by atoms with Gasteiger partial charge in [-0.1, -0.05) is 593 Å². The molecule has 4 heteroatoms. The Morgan fingerprint density at radius 2 is 0.324 bits per heavy atom. The zero-order chi connectivity index (χ0) is 97.5. The van der Waals surface area contributed by atoms with Crippen molar-refractivity contribution in [2.75, 3.05) is 0 Å². The van der Waals surface area contributed by atoms with Crippen LogP contribution in [0, 0.1) is 17.8 Å². The predicted molar refractivity (Wildman–Crippen MR) is 610 cm³/mol. The smallest absolute Gasteiger partial charge is 0.0872 e. The Bertz CT molecular complexity index is 4540. The molecule has 12 aromatic rings. The second-order valence-corrected chi connectivity index (χ2v) is 56.1. The van der Waals surface area contributed by atoms with Crippen LogP contribution in [0.2, 0.25) is 63.4 Å². The summed E-state index contributed by atoms with van der Waals surface area (Å²) in [4.78, 5) is 0. The Morgan fingerprint density at radius 3 is 0.507 bits per heavy atom. The van der Waals surface area contributed by atoms with Gasteiger partial charge in [0.15, 0.2) is 0 Å². The minimum atomic E-state index is -1.09. The fourth-order valence-electron chi connectivity index (χ4n) is 23.0. The first kappa shape index (κ1) is 112. The molecule has 0 amide bonds. The van der Waals surface area contributed by atoms with E-state index in [1.54, 1.807) is 33.4 Å². The fraction of sp³-hybridized carbons (Fsp3) is 0.455. The zero-order valence-corrected chi connectivity index (χ0v) is 93.6. The Hall–Kier alpha value is -7.23. The van der Waals surface area contributed by atoms with E-state index in [9.17, 15) is 0 Å². The van der Waals surface area contributed by atoms with E-state index in [4.69, 9.17) is 0 Å². The van der Waals surface area contributed by atoms with Gasteiger partial charge in [-0.05, 0) is 209 Å². The van der Waals surface area contributed by atoms with Gasteiger partial charge in [0.2, 0.25) is 0 Å². The van der Waals surface area contributed by atoms with Crippen LogP contribution in [0.1, 0.15) is 375 Å². The van der Waals surface area contributed by atoms with Crippen molar-refractivity contribution in [2.24, 2.45) is 17.8 Å². The van der Waals surface area contributed by atoms with Crippen LogP contribution in [0.15, 0.2) is 346 Å². The van der Waals surface area contributed by atoms with Gasteiger partial charge < -0.3 is 0 Å². The molecular weight excluding hydrogens is 1690 g/mol. The van der Waals surface area contributed by atoms with Gasteiger partial charge >= 0.3 is 0 Å². The minimum absolute atomic E-state index is 0.585. The molecule has 0 aliphatic rings. The maximum absolute atomic E-state index is 2.48. The normalized spacial score (nSPS) is 14.1. The van der Waals surface area contributed by atoms with Crippen molar-refractivity contribution in [1.82, 2.24) is 0 Å². The van der Waals surface area contributed by atoms with Crippen molar-refractivity contribution < 1.29 is 0 Å². The lowest BCUT2D eigenvalue weighted by Crippen LogP contribution is -2.27. The molecule has 12 unspecified atom stereocenters. The molecule has 12 aromatic carbocycles.